The molecule has 0 unspecified atom stereocenters. The van der Waals surface area contributed by atoms with Crippen molar-refractivity contribution in [2.45, 2.75) is 0 Å². The molecule has 98 valence electrons. The van der Waals surface area contributed by atoms with Crippen LogP contribution < -0.4 is 16.6 Å². The van der Waals surface area contributed by atoms with Crippen LogP contribution in [0.1, 0.15) is 10.4 Å². The Kier molecular flexibility index (Phi) is 4.36. The van der Waals surface area contributed by atoms with Crippen molar-refractivity contribution in [2.75, 3.05) is 10.7 Å². The first-order valence-electron chi connectivity index (χ1n) is 5.29. The summed E-state index contributed by atoms with van der Waals surface area (Å²) < 4.78 is 0.714. The number of carbonyl (C=O) groups is 1. The molecule has 1 aromatic heterocycles. The second-order valence-corrected chi connectivity index (χ2v) is 4.92. The maximum atomic E-state index is 12.0. The van der Waals surface area contributed by atoms with E-state index in [-0.39, 0.29) is 5.91 Å². The van der Waals surface area contributed by atoms with Gasteiger partial charge in [0, 0.05) is 21.9 Å². The van der Waals surface area contributed by atoms with Gasteiger partial charge in [0.15, 0.2) is 0 Å². The van der Waals surface area contributed by atoms with Gasteiger partial charge in [-0.15, -0.1) is 0 Å². The van der Waals surface area contributed by atoms with Crippen LogP contribution in [-0.2, 0) is 0 Å². The molecule has 0 aliphatic carbocycles. The number of nitrogen functional groups attached to an aromatic ring is 1. The fourth-order valence-electron chi connectivity index (χ4n) is 1.43. The number of carbonyl (C=O) groups excluding carboxylic acids is 1. The zero-order valence-corrected chi connectivity index (χ0v) is 12.0. The lowest BCUT2D eigenvalue weighted by atomic mass is 10.2. The molecule has 2 rings (SSSR count). The van der Waals surface area contributed by atoms with Crippen molar-refractivity contribution in [3.8, 4) is 0 Å². The van der Waals surface area contributed by atoms with E-state index >= 15 is 0 Å². The minimum absolute atomic E-state index is 0.256. The molecule has 0 fully saturated rings. The Labute approximate surface area is 123 Å². The Morgan fingerprint density at radius 2 is 2.11 bits per heavy atom. The molecule has 7 heteroatoms. The summed E-state index contributed by atoms with van der Waals surface area (Å²) >= 11 is 9.18. The van der Waals surface area contributed by atoms with Crippen molar-refractivity contribution in [1.82, 2.24) is 4.98 Å². The number of nitrogens with one attached hydrogen (secondary N) is 2. The standard InChI is InChI=1S/C12H10BrClN4O/c13-9-6-8(1-2-10(9)14)17-12(19)7-3-4-16-11(5-7)18-15/h1-6H,15H2,(H,16,18)(H,17,19). The summed E-state index contributed by atoms with van der Waals surface area (Å²) in [4.78, 5) is 16.0. The van der Waals surface area contributed by atoms with Crippen LogP contribution in [0, 0.1) is 0 Å². The Balaban J connectivity index is 2.18. The van der Waals surface area contributed by atoms with E-state index in [2.05, 4.69) is 31.7 Å². The summed E-state index contributed by atoms with van der Waals surface area (Å²) in [5.74, 6) is 5.41. The predicted molar refractivity (Wildman–Crippen MR) is 79.2 cm³/mol. The third-order valence-electron chi connectivity index (χ3n) is 2.35. The van der Waals surface area contributed by atoms with Gasteiger partial charge in [-0.2, -0.15) is 0 Å². The normalized spacial score (nSPS) is 10.1. The SMILES string of the molecule is NNc1cc(C(=O)Nc2ccc(Cl)c(Br)c2)ccn1. The van der Waals surface area contributed by atoms with Crippen LogP contribution in [0.25, 0.3) is 0 Å². The number of hydrazine groups is 1. The molecular weight excluding hydrogens is 332 g/mol. The van der Waals surface area contributed by atoms with Crippen LogP contribution in [0.5, 0.6) is 0 Å². The van der Waals surface area contributed by atoms with Gasteiger partial charge in [-0.3, -0.25) is 4.79 Å². The van der Waals surface area contributed by atoms with Gasteiger partial charge in [0.1, 0.15) is 5.82 Å². The molecule has 5 nitrogen and oxygen atoms in total. The van der Waals surface area contributed by atoms with E-state index in [0.29, 0.717) is 26.6 Å². The lowest BCUT2D eigenvalue weighted by molar-refractivity contribution is 0.102. The lowest BCUT2D eigenvalue weighted by Gasteiger charge is -2.07. The van der Waals surface area contributed by atoms with Crippen LogP contribution in [-0.4, -0.2) is 10.9 Å². The molecule has 0 spiro atoms. The number of halogens is 2. The van der Waals surface area contributed by atoms with Gasteiger partial charge in [-0.1, -0.05) is 11.6 Å². The molecular formula is C12H10BrClN4O. The summed E-state index contributed by atoms with van der Waals surface area (Å²) in [6.45, 7) is 0. The highest BCUT2D eigenvalue weighted by atomic mass is 79.9. The number of amides is 1. The number of rotatable bonds is 3. The highest BCUT2D eigenvalue weighted by molar-refractivity contribution is 9.10. The first-order valence-corrected chi connectivity index (χ1v) is 6.46. The maximum Gasteiger partial charge on any atom is 0.255 e. The van der Waals surface area contributed by atoms with Gasteiger partial charge in [0.25, 0.3) is 5.91 Å². The van der Waals surface area contributed by atoms with Crippen LogP contribution in [0.4, 0.5) is 11.5 Å². The fraction of sp³-hybridized carbons (Fsp3) is 0. The van der Waals surface area contributed by atoms with Crippen molar-refractivity contribution in [2.24, 2.45) is 5.84 Å². The van der Waals surface area contributed by atoms with Gasteiger partial charge in [-0.05, 0) is 46.3 Å². The van der Waals surface area contributed by atoms with E-state index in [0.717, 1.165) is 0 Å². The molecule has 0 aliphatic rings. The van der Waals surface area contributed by atoms with Gasteiger partial charge in [-0.25, -0.2) is 10.8 Å². The number of hydrogen-bond donors (Lipinski definition) is 3. The number of benzene rings is 1. The highest BCUT2D eigenvalue weighted by Gasteiger charge is 2.08. The zero-order chi connectivity index (χ0) is 13.8. The monoisotopic (exact) mass is 340 g/mol. The molecule has 19 heavy (non-hydrogen) atoms. The third-order valence-corrected chi connectivity index (χ3v) is 3.56. The molecule has 0 saturated carbocycles. The molecule has 1 aromatic carbocycles. The molecule has 1 amide bonds. The van der Waals surface area contributed by atoms with Crippen LogP contribution in [0.15, 0.2) is 41.0 Å². The largest absolute Gasteiger partial charge is 0.322 e. The first kappa shape index (κ1) is 13.8. The third kappa shape index (κ3) is 3.44. The number of pyridine rings is 1. The van der Waals surface area contributed by atoms with Gasteiger partial charge < -0.3 is 10.7 Å². The van der Waals surface area contributed by atoms with Crippen molar-refractivity contribution in [3.05, 3.63) is 51.6 Å². The van der Waals surface area contributed by atoms with Crippen LogP contribution in [0.2, 0.25) is 5.02 Å². The number of nitrogens with two attached hydrogens (primary N) is 1. The molecule has 2 aromatic rings. The predicted octanol–water partition coefficient (Wildman–Crippen LogP) is 3.04. The van der Waals surface area contributed by atoms with Crippen molar-refractivity contribution < 1.29 is 4.79 Å². The molecule has 0 aliphatic heterocycles. The Hall–Kier alpha value is -1.63. The van der Waals surface area contributed by atoms with Crippen molar-refractivity contribution in [1.29, 1.82) is 0 Å². The second-order valence-electron chi connectivity index (χ2n) is 3.66. The number of aromatic nitrogens is 1. The highest BCUT2D eigenvalue weighted by Crippen LogP contribution is 2.25. The summed E-state index contributed by atoms with van der Waals surface area (Å²) in [6.07, 6.45) is 1.50. The van der Waals surface area contributed by atoms with E-state index in [9.17, 15) is 4.79 Å². The average Bonchev–Trinajstić information content (AvgIpc) is 2.43. The molecule has 4 N–H and O–H groups in total. The molecule has 1 heterocycles. The van der Waals surface area contributed by atoms with Gasteiger partial charge in [0.05, 0.1) is 5.02 Å². The fourth-order valence-corrected chi connectivity index (χ4v) is 1.92. The van der Waals surface area contributed by atoms with E-state index in [1.54, 1.807) is 30.3 Å². The number of nitrogens with zero attached hydrogens (tertiary/aromatic N) is 1. The molecule has 0 atom stereocenters. The minimum Gasteiger partial charge on any atom is -0.322 e. The minimum atomic E-state index is -0.256. The molecule has 0 radical (unpaired) electrons. The first-order chi connectivity index (χ1) is 9.10. The molecule has 0 saturated heterocycles. The Morgan fingerprint density at radius 1 is 1.32 bits per heavy atom. The van der Waals surface area contributed by atoms with Crippen LogP contribution in [0.3, 0.4) is 0 Å². The maximum absolute atomic E-state index is 12.0. The van der Waals surface area contributed by atoms with E-state index in [1.807, 2.05) is 0 Å². The van der Waals surface area contributed by atoms with Crippen LogP contribution >= 0.6 is 27.5 Å². The van der Waals surface area contributed by atoms with Crippen molar-refractivity contribution >= 4 is 44.9 Å². The topological polar surface area (TPSA) is 80.0 Å². The van der Waals surface area contributed by atoms with Gasteiger partial charge in [0.2, 0.25) is 0 Å². The number of hydrogen-bond acceptors (Lipinski definition) is 4. The zero-order valence-electron chi connectivity index (χ0n) is 9.65. The lowest BCUT2D eigenvalue weighted by Crippen LogP contribution is -2.14. The smallest absolute Gasteiger partial charge is 0.255 e. The molecule has 0 bridgehead atoms. The summed E-state index contributed by atoms with van der Waals surface area (Å²) in [7, 11) is 0. The summed E-state index contributed by atoms with van der Waals surface area (Å²) in [5, 5.41) is 3.33. The quantitative estimate of drug-likeness (QED) is 0.592. The van der Waals surface area contributed by atoms with E-state index in [1.165, 1.54) is 6.20 Å². The van der Waals surface area contributed by atoms with Crippen molar-refractivity contribution in [3.63, 3.8) is 0 Å². The second kappa shape index (κ2) is 6.01. The van der Waals surface area contributed by atoms with E-state index in [4.69, 9.17) is 17.4 Å². The van der Waals surface area contributed by atoms with E-state index < -0.39 is 0 Å². The average molecular weight is 342 g/mol. The Morgan fingerprint density at radius 3 is 2.79 bits per heavy atom. The Bertz CT molecular complexity index is 620. The van der Waals surface area contributed by atoms with Gasteiger partial charge >= 0.3 is 0 Å². The summed E-state index contributed by atoms with van der Waals surface area (Å²) in [6, 6.07) is 8.29. The number of anilines is 2. The summed E-state index contributed by atoms with van der Waals surface area (Å²) in [5.41, 5.74) is 3.48.